The molecular formula is C8H18N2O2S. The second-order valence-corrected chi connectivity index (χ2v) is 6.09. The van der Waals surface area contributed by atoms with Crippen molar-refractivity contribution in [1.82, 2.24) is 4.31 Å². The van der Waals surface area contributed by atoms with E-state index in [1.165, 1.54) is 10.6 Å². The largest absolute Gasteiger partial charge is 0.327 e. The molecular weight excluding hydrogens is 188 g/mol. The van der Waals surface area contributed by atoms with E-state index in [-0.39, 0.29) is 17.9 Å². The number of rotatable bonds is 1. The zero-order chi connectivity index (χ0) is 10.2. The normalized spacial score (nSPS) is 37.7. The lowest BCUT2D eigenvalue weighted by atomic mass is 9.88. The zero-order valence-electron chi connectivity index (χ0n) is 8.40. The Balaban J connectivity index is 2.75. The van der Waals surface area contributed by atoms with Gasteiger partial charge in [0.15, 0.2) is 0 Å². The summed E-state index contributed by atoms with van der Waals surface area (Å²) < 4.78 is 24.1. The van der Waals surface area contributed by atoms with Crippen LogP contribution in [0.1, 0.15) is 13.8 Å². The summed E-state index contributed by atoms with van der Waals surface area (Å²) in [5.41, 5.74) is 5.91. The van der Waals surface area contributed by atoms with E-state index in [2.05, 4.69) is 0 Å². The highest BCUT2D eigenvalue weighted by Crippen LogP contribution is 2.21. The van der Waals surface area contributed by atoms with Gasteiger partial charge in [0.2, 0.25) is 10.0 Å². The van der Waals surface area contributed by atoms with Gasteiger partial charge in [0.05, 0.1) is 6.26 Å². The van der Waals surface area contributed by atoms with Gasteiger partial charge in [-0.2, -0.15) is 0 Å². The smallest absolute Gasteiger partial charge is 0.211 e. The van der Waals surface area contributed by atoms with Crippen LogP contribution in [-0.4, -0.2) is 38.1 Å². The third-order valence-corrected chi connectivity index (χ3v) is 4.00. The van der Waals surface area contributed by atoms with Gasteiger partial charge in [-0.1, -0.05) is 13.8 Å². The van der Waals surface area contributed by atoms with E-state index in [0.717, 1.165) is 0 Å². The summed E-state index contributed by atoms with van der Waals surface area (Å²) in [6.07, 6.45) is 1.25. The van der Waals surface area contributed by atoms with Crippen molar-refractivity contribution >= 4 is 10.0 Å². The Hall–Kier alpha value is -0.130. The van der Waals surface area contributed by atoms with Crippen molar-refractivity contribution in [2.24, 2.45) is 17.6 Å². The van der Waals surface area contributed by atoms with Gasteiger partial charge < -0.3 is 5.73 Å². The van der Waals surface area contributed by atoms with Crippen LogP contribution >= 0.6 is 0 Å². The lowest BCUT2D eigenvalue weighted by Gasteiger charge is -2.38. The van der Waals surface area contributed by atoms with Gasteiger partial charge in [0.25, 0.3) is 0 Å². The lowest BCUT2D eigenvalue weighted by molar-refractivity contribution is 0.190. The Morgan fingerprint density at radius 1 is 1.23 bits per heavy atom. The van der Waals surface area contributed by atoms with E-state index in [4.69, 9.17) is 5.73 Å². The minimum Gasteiger partial charge on any atom is -0.327 e. The fraction of sp³-hybridized carbons (Fsp3) is 1.00. The Morgan fingerprint density at radius 2 is 1.62 bits per heavy atom. The number of piperidine rings is 1. The van der Waals surface area contributed by atoms with Crippen LogP contribution in [0.2, 0.25) is 0 Å². The average Bonchev–Trinajstić information content (AvgIpc) is 1.97. The Bertz CT molecular complexity index is 264. The number of nitrogens with two attached hydrogens (primary N) is 1. The maximum absolute atomic E-state index is 11.3. The van der Waals surface area contributed by atoms with E-state index in [9.17, 15) is 8.42 Å². The van der Waals surface area contributed by atoms with Crippen LogP contribution in [0.15, 0.2) is 0 Å². The van der Waals surface area contributed by atoms with E-state index >= 15 is 0 Å². The predicted octanol–water partition coefficient (Wildman–Crippen LogP) is -0.139. The quantitative estimate of drug-likeness (QED) is 0.649. The molecule has 0 amide bonds. The van der Waals surface area contributed by atoms with E-state index in [0.29, 0.717) is 13.1 Å². The number of hydrogen-bond donors (Lipinski definition) is 1. The first kappa shape index (κ1) is 10.9. The fourth-order valence-electron chi connectivity index (χ4n) is 1.79. The van der Waals surface area contributed by atoms with Crippen molar-refractivity contribution in [3.05, 3.63) is 0 Å². The van der Waals surface area contributed by atoms with Crippen LogP contribution in [0.5, 0.6) is 0 Å². The summed E-state index contributed by atoms with van der Waals surface area (Å²) in [5, 5.41) is 0. The molecule has 0 spiro atoms. The summed E-state index contributed by atoms with van der Waals surface area (Å²) in [7, 11) is -3.04. The molecule has 2 N–H and O–H groups in total. The number of sulfonamides is 1. The first-order valence-corrected chi connectivity index (χ1v) is 6.38. The third kappa shape index (κ3) is 2.42. The first-order valence-electron chi connectivity index (χ1n) is 4.53. The molecule has 1 fully saturated rings. The van der Waals surface area contributed by atoms with Crippen LogP contribution in [0.4, 0.5) is 0 Å². The predicted molar refractivity (Wildman–Crippen MR) is 52.7 cm³/mol. The molecule has 1 heterocycles. The Kier molecular flexibility index (Phi) is 2.99. The minimum absolute atomic E-state index is 0.123. The van der Waals surface area contributed by atoms with Crippen LogP contribution in [-0.2, 0) is 10.0 Å². The molecule has 0 aromatic carbocycles. The third-order valence-electron chi connectivity index (χ3n) is 2.77. The molecule has 1 aliphatic rings. The molecule has 2 atom stereocenters. The van der Waals surface area contributed by atoms with E-state index < -0.39 is 10.0 Å². The van der Waals surface area contributed by atoms with E-state index in [1.54, 1.807) is 0 Å². The van der Waals surface area contributed by atoms with Crippen LogP contribution < -0.4 is 5.73 Å². The maximum atomic E-state index is 11.3. The molecule has 4 nitrogen and oxygen atoms in total. The molecule has 1 aliphatic heterocycles. The highest BCUT2D eigenvalue weighted by atomic mass is 32.2. The molecule has 78 valence electrons. The van der Waals surface area contributed by atoms with Crippen LogP contribution in [0.3, 0.4) is 0 Å². The molecule has 0 radical (unpaired) electrons. The minimum atomic E-state index is -3.04. The molecule has 1 saturated heterocycles. The fourth-order valence-corrected chi connectivity index (χ4v) is 2.80. The molecule has 0 aromatic heterocycles. The highest BCUT2D eigenvalue weighted by Gasteiger charge is 2.32. The summed E-state index contributed by atoms with van der Waals surface area (Å²) in [4.78, 5) is 0. The SMILES string of the molecule is CC1CN(S(C)(=O)=O)CC(C)C1N. The summed E-state index contributed by atoms with van der Waals surface area (Å²) in [5.74, 6) is 0.497. The summed E-state index contributed by atoms with van der Waals surface area (Å²) in [6, 6.07) is 0.123. The van der Waals surface area contributed by atoms with Gasteiger partial charge in [-0.3, -0.25) is 0 Å². The average molecular weight is 206 g/mol. The number of hydrogen-bond acceptors (Lipinski definition) is 3. The van der Waals surface area contributed by atoms with Crippen molar-refractivity contribution in [1.29, 1.82) is 0 Å². The standard InChI is InChI=1S/C8H18N2O2S/c1-6-4-10(13(3,11)12)5-7(2)8(6)9/h6-8H,4-5,9H2,1-3H3. The first-order chi connectivity index (χ1) is 5.82. The summed E-state index contributed by atoms with van der Waals surface area (Å²) >= 11 is 0. The van der Waals surface area contributed by atoms with Crippen molar-refractivity contribution < 1.29 is 8.42 Å². The molecule has 2 unspecified atom stereocenters. The molecule has 13 heavy (non-hydrogen) atoms. The van der Waals surface area contributed by atoms with Crippen molar-refractivity contribution in [2.75, 3.05) is 19.3 Å². The Labute approximate surface area is 80.1 Å². The van der Waals surface area contributed by atoms with Gasteiger partial charge >= 0.3 is 0 Å². The molecule has 0 aliphatic carbocycles. The van der Waals surface area contributed by atoms with Crippen molar-refractivity contribution in [3.8, 4) is 0 Å². The second kappa shape index (κ2) is 3.55. The zero-order valence-corrected chi connectivity index (χ0v) is 9.21. The van der Waals surface area contributed by atoms with Gasteiger partial charge in [-0.15, -0.1) is 0 Å². The lowest BCUT2D eigenvalue weighted by Crippen LogP contribution is -2.52. The van der Waals surface area contributed by atoms with Crippen molar-refractivity contribution in [2.45, 2.75) is 19.9 Å². The molecule has 5 heteroatoms. The van der Waals surface area contributed by atoms with Gasteiger partial charge in [-0.25, -0.2) is 12.7 Å². The maximum Gasteiger partial charge on any atom is 0.211 e. The molecule has 0 saturated carbocycles. The van der Waals surface area contributed by atoms with E-state index in [1.807, 2.05) is 13.8 Å². The molecule has 1 rings (SSSR count). The second-order valence-electron chi connectivity index (χ2n) is 4.11. The van der Waals surface area contributed by atoms with Gasteiger partial charge in [0, 0.05) is 19.1 Å². The molecule has 0 bridgehead atoms. The molecule has 0 aromatic rings. The topological polar surface area (TPSA) is 63.4 Å². The highest BCUT2D eigenvalue weighted by molar-refractivity contribution is 7.88. The van der Waals surface area contributed by atoms with Crippen molar-refractivity contribution in [3.63, 3.8) is 0 Å². The Morgan fingerprint density at radius 3 is 1.92 bits per heavy atom. The summed E-state index contributed by atoms with van der Waals surface area (Å²) in [6.45, 7) is 5.12. The van der Waals surface area contributed by atoms with Crippen LogP contribution in [0, 0.1) is 11.8 Å². The monoisotopic (exact) mass is 206 g/mol. The van der Waals surface area contributed by atoms with Gasteiger partial charge in [-0.05, 0) is 11.8 Å². The van der Waals surface area contributed by atoms with Gasteiger partial charge in [0.1, 0.15) is 0 Å². The van der Waals surface area contributed by atoms with Crippen LogP contribution in [0.25, 0.3) is 0 Å². The number of nitrogens with zero attached hydrogens (tertiary/aromatic N) is 1.